The van der Waals surface area contributed by atoms with E-state index in [1.54, 1.807) is 17.0 Å². The van der Waals surface area contributed by atoms with E-state index in [4.69, 9.17) is 11.6 Å². The van der Waals surface area contributed by atoms with Gasteiger partial charge in [0.15, 0.2) is 6.61 Å². The number of nitrogens with one attached hydrogen (secondary N) is 1. The minimum absolute atomic E-state index is 0.0234. The number of pyridine rings is 1. The van der Waals surface area contributed by atoms with Gasteiger partial charge < -0.3 is 15.0 Å². The van der Waals surface area contributed by atoms with Gasteiger partial charge in [-0.25, -0.2) is 4.98 Å². The van der Waals surface area contributed by atoms with Gasteiger partial charge in [-0.05, 0) is 49.2 Å². The molecular weight excluding hydrogens is 423 g/mol. The molecule has 0 saturated carbocycles. The van der Waals surface area contributed by atoms with Crippen molar-refractivity contribution >= 4 is 29.2 Å². The Bertz CT molecular complexity index is 889. The summed E-state index contributed by atoms with van der Waals surface area (Å²) in [5.74, 6) is -0.523. The van der Waals surface area contributed by atoms with Crippen molar-refractivity contribution < 1.29 is 27.5 Å². The molecule has 1 aromatic heterocycles. The highest BCUT2D eigenvalue weighted by molar-refractivity contribution is 6.30. The van der Waals surface area contributed by atoms with Crippen molar-refractivity contribution in [3.8, 4) is 5.75 Å². The monoisotopic (exact) mass is 441 g/mol. The van der Waals surface area contributed by atoms with Crippen molar-refractivity contribution in [2.24, 2.45) is 5.92 Å². The van der Waals surface area contributed by atoms with Gasteiger partial charge in [0.05, 0.1) is 10.9 Å². The van der Waals surface area contributed by atoms with Gasteiger partial charge in [-0.3, -0.25) is 9.59 Å². The fourth-order valence-corrected chi connectivity index (χ4v) is 3.21. The largest absolute Gasteiger partial charge is 0.484 e. The van der Waals surface area contributed by atoms with Crippen molar-refractivity contribution in [2.45, 2.75) is 19.0 Å². The number of carbonyl (C=O) groups excluding carboxylic acids is 2. The van der Waals surface area contributed by atoms with E-state index in [0.29, 0.717) is 35.8 Å². The smallest absolute Gasteiger partial charge is 0.422 e. The van der Waals surface area contributed by atoms with E-state index in [1.165, 1.54) is 30.5 Å². The summed E-state index contributed by atoms with van der Waals surface area (Å²) in [7, 11) is 0. The number of halogens is 4. The van der Waals surface area contributed by atoms with E-state index in [0.717, 1.165) is 0 Å². The first-order chi connectivity index (χ1) is 14.2. The van der Waals surface area contributed by atoms with Crippen molar-refractivity contribution in [1.82, 2.24) is 9.88 Å². The molecule has 1 fully saturated rings. The highest BCUT2D eigenvalue weighted by Crippen LogP contribution is 2.23. The molecule has 0 bridgehead atoms. The molecular formula is C20H19ClF3N3O3. The fourth-order valence-electron chi connectivity index (χ4n) is 3.10. The van der Waals surface area contributed by atoms with Crippen molar-refractivity contribution in [3.63, 3.8) is 0 Å². The van der Waals surface area contributed by atoms with Gasteiger partial charge in [0.2, 0.25) is 5.91 Å². The minimum Gasteiger partial charge on any atom is -0.484 e. The summed E-state index contributed by atoms with van der Waals surface area (Å²) < 4.78 is 41.3. The average Bonchev–Trinajstić information content (AvgIpc) is 2.73. The number of likely N-dealkylation sites (tertiary alicyclic amines) is 1. The predicted octanol–water partition coefficient (Wildman–Crippen LogP) is 4.17. The topological polar surface area (TPSA) is 71.5 Å². The number of hydrogen-bond donors (Lipinski definition) is 1. The van der Waals surface area contributed by atoms with Crippen molar-refractivity contribution in [1.29, 1.82) is 0 Å². The third kappa shape index (κ3) is 6.09. The molecule has 1 aliphatic rings. The van der Waals surface area contributed by atoms with Gasteiger partial charge >= 0.3 is 6.18 Å². The van der Waals surface area contributed by atoms with Crippen LogP contribution in [0.4, 0.5) is 19.0 Å². The van der Waals surface area contributed by atoms with Gasteiger partial charge in [-0.15, -0.1) is 0 Å². The molecule has 1 atom stereocenters. The number of aromatic nitrogens is 1. The summed E-state index contributed by atoms with van der Waals surface area (Å²) in [6.07, 6.45) is -1.71. The lowest BCUT2D eigenvalue weighted by molar-refractivity contribution is -0.153. The molecule has 0 radical (unpaired) electrons. The van der Waals surface area contributed by atoms with Gasteiger partial charge in [-0.1, -0.05) is 11.6 Å². The van der Waals surface area contributed by atoms with Gasteiger partial charge in [-0.2, -0.15) is 13.2 Å². The third-order valence-electron chi connectivity index (χ3n) is 4.56. The molecule has 2 heterocycles. The quantitative estimate of drug-likeness (QED) is 0.756. The van der Waals surface area contributed by atoms with Crippen LogP contribution < -0.4 is 10.1 Å². The first-order valence-electron chi connectivity index (χ1n) is 9.22. The maximum absolute atomic E-state index is 12.7. The lowest BCUT2D eigenvalue weighted by Crippen LogP contribution is -2.43. The first-order valence-corrected chi connectivity index (χ1v) is 9.60. The van der Waals surface area contributed by atoms with Crippen LogP contribution in [-0.4, -0.2) is 47.6 Å². The van der Waals surface area contributed by atoms with E-state index in [9.17, 15) is 22.8 Å². The Labute approximate surface area is 176 Å². The highest BCUT2D eigenvalue weighted by atomic mass is 35.5. The van der Waals surface area contributed by atoms with Gasteiger partial charge in [0.1, 0.15) is 11.6 Å². The molecule has 1 unspecified atom stereocenters. The van der Waals surface area contributed by atoms with Crippen LogP contribution in [-0.2, 0) is 4.79 Å². The zero-order valence-electron chi connectivity index (χ0n) is 15.8. The molecule has 6 nitrogen and oxygen atoms in total. The molecule has 1 N–H and O–H groups in total. The van der Waals surface area contributed by atoms with Crippen LogP contribution in [0.25, 0.3) is 0 Å². The fraction of sp³-hybridized carbons (Fsp3) is 0.350. The number of nitrogens with zero attached hydrogens (tertiary/aromatic N) is 2. The highest BCUT2D eigenvalue weighted by Gasteiger charge is 2.30. The maximum Gasteiger partial charge on any atom is 0.422 e. The number of anilines is 1. The summed E-state index contributed by atoms with van der Waals surface area (Å²) in [4.78, 5) is 30.9. The molecule has 1 aliphatic heterocycles. The minimum atomic E-state index is -4.43. The summed E-state index contributed by atoms with van der Waals surface area (Å²) >= 11 is 5.78. The number of piperidine rings is 1. The number of amides is 2. The molecule has 30 heavy (non-hydrogen) atoms. The molecule has 3 rings (SSSR count). The number of carbonyl (C=O) groups is 2. The molecule has 0 spiro atoms. The Kier molecular flexibility index (Phi) is 6.81. The maximum atomic E-state index is 12.7. The van der Waals surface area contributed by atoms with Crippen LogP contribution in [0.5, 0.6) is 5.75 Å². The Morgan fingerprint density at radius 3 is 2.57 bits per heavy atom. The lowest BCUT2D eigenvalue weighted by atomic mass is 9.96. The van der Waals surface area contributed by atoms with E-state index >= 15 is 0 Å². The summed E-state index contributed by atoms with van der Waals surface area (Å²) in [5.41, 5.74) is 0.315. The van der Waals surface area contributed by atoms with Gasteiger partial charge in [0, 0.05) is 24.8 Å². The number of ether oxygens (including phenoxy) is 1. The second-order valence-corrected chi connectivity index (χ2v) is 7.31. The van der Waals surface area contributed by atoms with E-state index < -0.39 is 18.7 Å². The summed E-state index contributed by atoms with van der Waals surface area (Å²) in [6.45, 7) is -0.662. The number of hydrogen-bond acceptors (Lipinski definition) is 4. The van der Waals surface area contributed by atoms with Crippen molar-refractivity contribution in [2.75, 3.05) is 25.0 Å². The van der Waals surface area contributed by atoms with Crippen LogP contribution in [0.15, 0.2) is 42.6 Å². The lowest BCUT2D eigenvalue weighted by Gasteiger charge is -2.32. The number of benzene rings is 1. The molecule has 1 saturated heterocycles. The zero-order chi connectivity index (χ0) is 21.7. The molecule has 2 aromatic rings. The molecule has 160 valence electrons. The van der Waals surface area contributed by atoms with Crippen LogP contribution in [0.2, 0.25) is 5.02 Å². The second-order valence-electron chi connectivity index (χ2n) is 6.87. The Morgan fingerprint density at radius 1 is 1.20 bits per heavy atom. The molecule has 10 heteroatoms. The van der Waals surface area contributed by atoms with Crippen LogP contribution in [0.3, 0.4) is 0 Å². The Hall–Kier alpha value is -2.81. The second kappa shape index (κ2) is 9.34. The normalized spacial score (nSPS) is 16.8. The van der Waals surface area contributed by atoms with E-state index in [-0.39, 0.29) is 24.1 Å². The average molecular weight is 442 g/mol. The predicted molar refractivity (Wildman–Crippen MR) is 104 cm³/mol. The van der Waals surface area contributed by atoms with Gasteiger partial charge in [0.25, 0.3) is 5.91 Å². The van der Waals surface area contributed by atoms with Crippen LogP contribution in [0.1, 0.15) is 23.2 Å². The molecule has 0 aliphatic carbocycles. The van der Waals surface area contributed by atoms with Crippen molar-refractivity contribution in [3.05, 3.63) is 53.2 Å². The number of alkyl halides is 3. The van der Waals surface area contributed by atoms with Crippen LogP contribution >= 0.6 is 11.6 Å². The molecule has 1 aromatic carbocycles. The Morgan fingerprint density at radius 2 is 1.93 bits per heavy atom. The summed E-state index contributed by atoms with van der Waals surface area (Å²) in [6, 6.07) is 8.67. The SMILES string of the molecule is O=C(Nc1ccc(Cl)cn1)C1CCCN(C(=O)c2ccc(OCC(F)(F)F)cc2)C1. The van der Waals surface area contributed by atoms with E-state index in [2.05, 4.69) is 15.0 Å². The third-order valence-corrected chi connectivity index (χ3v) is 4.79. The molecule has 2 amide bonds. The van der Waals surface area contributed by atoms with E-state index in [1.807, 2.05) is 0 Å². The first kappa shape index (κ1) is 21.9. The summed E-state index contributed by atoms with van der Waals surface area (Å²) in [5, 5.41) is 3.17. The van der Waals surface area contributed by atoms with Crippen LogP contribution in [0, 0.1) is 5.92 Å². The standard InChI is InChI=1S/C20H19ClF3N3O3/c21-15-5-8-17(25-10-15)26-18(28)14-2-1-9-27(11-14)19(29)13-3-6-16(7-4-13)30-12-20(22,23)24/h3-8,10,14H,1-2,9,11-12H2,(H,25,26,28). The Balaban J connectivity index is 1.58. The zero-order valence-corrected chi connectivity index (χ0v) is 16.5. The number of rotatable bonds is 5.